The number of halogens is 2. The molecule has 0 atom stereocenters. The number of imidazole rings is 1. The number of alkyl halides is 2. The fourth-order valence-electron chi connectivity index (χ4n) is 3.90. The molecule has 4 aromatic rings. The van der Waals surface area contributed by atoms with Crippen LogP contribution in [-0.4, -0.2) is 45.6 Å². The third-order valence-corrected chi connectivity index (χ3v) is 5.92. The lowest BCUT2D eigenvalue weighted by Gasteiger charge is -2.25. The Morgan fingerprint density at radius 1 is 1.09 bits per heavy atom. The van der Waals surface area contributed by atoms with Crippen molar-refractivity contribution < 1.29 is 9.72 Å². The monoisotopic (exact) mass is 511 g/mol. The first-order valence-corrected chi connectivity index (χ1v) is 12.0. The van der Waals surface area contributed by atoms with Crippen LogP contribution >= 0.6 is 23.2 Å². The van der Waals surface area contributed by atoms with Crippen LogP contribution in [0.4, 0.5) is 17.1 Å². The number of nitrogens with zero attached hydrogens (tertiary/aromatic N) is 3. The second kappa shape index (κ2) is 10.8. The molecule has 1 heterocycles. The molecule has 0 bridgehead atoms. The highest BCUT2D eigenvalue weighted by atomic mass is 35.5. The average Bonchev–Trinajstić information content (AvgIpc) is 3.28. The Kier molecular flexibility index (Phi) is 7.53. The van der Waals surface area contributed by atoms with Gasteiger partial charge in [-0.1, -0.05) is 12.1 Å². The molecule has 0 saturated heterocycles. The molecule has 8 nitrogen and oxygen atoms in total. The van der Waals surface area contributed by atoms with Gasteiger partial charge in [0.1, 0.15) is 5.82 Å². The van der Waals surface area contributed by atoms with Crippen LogP contribution in [0.1, 0.15) is 15.9 Å². The molecule has 1 amide bonds. The van der Waals surface area contributed by atoms with Crippen molar-refractivity contribution in [2.45, 2.75) is 6.92 Å². The van der Waals surface area contributed by atoms with Gasteiger partial charge in [-0.05, 0) is 48.9 Å². The minimum absolute atomic E-state index is 0.0160. The van der Waals surface area contributed by atoms with Gasteiger partial charge in [-0.25, -0.2) is 4.98 Å². The van der Waals surface area contributed by atoms with Crippen molar-refractivity contribution in [2.24, 2.45) is 0 Å². The number of non-ortho nitro benzene ring substituents is 1. The fourth-order valence-corrected chi connectivity index (χ4v) is 4.31. The zero-order chi connectivity index (χ0) is 24.9. The van der Waals surface area contributed by atoms with E-state index in [4.69, 9.17) is 23.2 Å². The summed E-state index contributed by atoms with van der Waals surface area (Å²) in [5, 5.41) is 14.0. The molecule has 1 aromatic heterocycles. The maximum Gasteiger partial charge on any atom is 0.270 e. The number of carbonyl (C=O) groups excluding carboxylic acids is 1. The lowest BCUT2D eigenvalue weighted by atomic mass is 10.1. The standard InChI is InChI=1S/C25H23Cl2N5O3/c1-16-13-19(6-8-23(16)31(11-9-26)12-10-27)28-25(33)18-5-7-21-22(15-18)30-24(29-21)17-3-2-4-20(14-17)32(34)35/h2-8,13-15H,9-12H2,1H3,(H,28,33)(H,29,30). The summed E-state index contributed by atoms with van der Waals surface area (Å²) in [5.74, 6) is 1.21. The summed E-state index contributed by atoms with van der Waals surface area (Å²) in [6.45, 7) is 3.34. The van der Waals surface area contributed by atoms with Gasteiger partial charge < -0.3 is 15.2 Å². The Labute approximate surface area is 212 Å². The number of hydrogen-bond donors (Lipinski definition) is 2. The first kappa shape index (κ1) is 24.5. The zero-order valence-corrected chi connectivity index (χ0v) is 20.4. The number of H-pyrrole nitrogens is 1. The fraction of sp³-hybridized carbons (Fsp3) is 0.200. The normalized spacial score (nSPS) is 10.9. The quantitative estimate of drug-likeness (QED) is 0.163. The number of carbonyl (C=O) groups is 1. The number of nitro groups is 1. The second-order valence-corrected chi connectivity index (χ2v) is 8.70. The number of anilines is 2. The molecule has 0 spiro atoms. The van der Waals surface area contributed by atoms with Crippen LogP contribution in [0.15, 0.2) is 60.7 Å². The summed E-state index contributed by atoms with van der Waals surface area (Å²) in [7, 11) is 0. The van der Waals surface area contributed by atoms with Crippen molar-refractivity contribution in [3.05, 3.63) is 81.9 Å². The number of rotatable bonds is 9. The number of aromatic nitrogens is 2. The molecular formula is C25H23Cl2N5O3. The van der Waals surface area contributed by atoms with E-state index in [0.717, 1.165) is 16.8 Å². The molecule has 35 heavy (non-hydrogen) atoms. The topological polar surface area (TPSA) is 104 Å². The smallest absolute Gasteiger partial charge is 0.270 e. The molecule has 4 rings (SSSR count). The molecule has 180 valence electrons. The number of benzene rings is 3. The van der Waals surface area contributed by atoms with Crippen molar-refractivity contribution >= 4 is 57.2 Å². The van der Waals surface area contributed by atoms with E-state index in [9.17, 15) is 14.9 Å². The Hall–Kier alpha value is -3.62. The van der Waals surface area contributed by atoms with Gasteiger partial charge in [-0.3, -0.25) is 14.9 Å². The molecule has 0 aliphatic carbocycles. The third-order valence-electron chi connectivity index (χ3n) is 5.58. The predicted molar refractivity (Wildman–Crippen MR) is 141 cm³/mol. The molecule has 0 aliphatic heterocycles. The van der Waals surface area contributed by atoms with Crippen LogP contribution in [0.3, 0.4) is 0 Å². The van der Waals surface area contributed by atoms with Gasteiger partial charge >= 0.3 is 0 Å². The van der Waals surface area contributed by atoms with Gasteiger partial charge in [0, 0.05) is 59.5 Å². The summed E-state index contributed by atoms with van der Waals surface area (Å²) in [5.41, 5.74) is 5.03. The molecule has 0 unspecified atom stereocenters. The van der Waals surface area contributed by atoms with E-state index in [0.29, 0.717) is 53.0 Å². The van der Waals surface area contributed by atoms with E-state index in [2.05, 4.69) is 20.2 Å². The second-order valence-electron chi connectivity index (χ2n) is 7.95. The Morgan fingerprint density at radius 2 is 1.86 bits per heavy atom. The maximum absolute atomic E-state index is 12.9. The molecule has 10 heteroatoms. The van der Waals surface area contributed by atoms with Crippen molar-refractivity contribution in [3.8, 4) is 11.4 Å². The summed E-state index contributed by atoms with van der Waals surface area (Å²) >= 11 is 11.8. The summed E-state index contributed by atoms with van der Waals surface area (Å²) in [6.07, 6.45) is 0. The molecule has 3 aromatic carbocycles. The van der Waals surface area contributed by atoms with E-state index in [1.807, 2.05) is 25.1 Å². The Balaban J connectivity index is 1.54. The minimum Gasteiger partial charge on any atom is -0.369 e. The van der Waals surface area contributed by atoms with E-state index in [1.165, 1.54) is 12.1 Å². The molecular weight excluding hydrogens is 489 g/mol. The highest BCUT2D eigenvalue weighted by Gasteiger charge is 2.14. The van der Waals surface area contributed by atoms with Crippen LogP contribution in [-0.2, 0) is 0 Å². The maximum atomic E-state index is 12.9. The van der Waals surface area contributed by atoms with Gasteiger partial charge in [-0.2, -0.15) is 0 Å². The number of aryl methyl sites for hydroxylation is 1. The highest BCUT2D eigenvalue weighted by molar-refractivity contribution is 6.18. The molecule has 0 aliphatic rings. The molecule has 2 N–H and O–H groups in total. The van der Waals surface area contributed by atoms with Crippen molar-refractivity contribution in [1.29, 1.82) is 0 Å². The van der Waals surface area contributed by atoms with Crippen molar-refractivity contribution in [2.75, 3.05) is 35.1 Å². The number of aromatic amines is 1. The lowest BCUT2D eigenvalue weighted by molar-refractivity contribution is -0.384. The summed E-state index contributed by atoms with van der Waals surface area (Å²) in [4.78, 5) is 33.3. The predicted octanol–water partition coefficient (Wildman–Crippen LogP) is 5.98. The van der Waals surface area contributed by atoms with Gasteiger partial charge in [0.25, 0.3) is 11.6 Å². The summed E-state index contributed by atoms with van der Waals surface area (Å²) < 4.78 is 0. The Morgan fingerprint density at radius 3 is 2.54 bits per heavy atom. The van der Waals surface area contributed by atoms with Gasteiger partial charge in [0.2, 0.25) is 0 Å². The van der Waals surface area contributed by atoms with Crippen molar-refractivity contribution in [1.82, 2.24) is 9.97 Å². The van der Waals surface area contributed by atoms with Gasteiger partial charge in [0.05, 0.1) is 16.0 Å². The van der Waals surface area contributed by atoms with Crippen molar-refractivity contribution in [3.63, 3.8) is 0 Å². The molecule has 0 saturated carbocycles. The Bertz CT molecular complexity index is 1380. The summed E-state index contributed by atoms with van der Waals surface area (Å²) in [6, 6.07) is 17.1. The van der Waals surface area contributed by atoms with E-state index in [-0.39, 0.29) is 11.6 Å². The number of amides is 1. The van der Waals surface area contributed by atoms with Crippen LogP contribution < -0.4 is 10.2 Å². The number of fused-ring (bicyclic) bond motifs is 1. The zero-order valence-electron chi connectivity index (χ0n) is 18.9. The van der Waals surface area contributed by atoms with Crippen LogP contribution in [0, 0.1) is 17.0 Å². The van der Waals surface area contributed by atoms with Crippen LogP contribution in [0.2, 0.25) is 0 Å². The largest absolute Gasteiger partial charge is 0.369 e. The first-order chi connectivity index (χ1) is 16.9. The number of hydrogen-bond acceptors (Lipinski definition) is 5. The lowest BCUT2D eigenvalue weighted by Crippen LogP contribution is -2.28. The van der Waals surface area contributed by atoms with Crippen LogP contribution in [0.25, 0.3) is 22.4 Å². The number of nitrogens with one attached hydrogen (secondary N) is 2. The van der Waals surface area contributed by atoms with Crippen LogP contribution in [0.5, 0.6) is 0 Å². The SMILES string of the molecule is Cc1cc(NC(=O)c2ccc3[nH]c(-c4cccc([N+](=O)[O-])c4)nc3c2)ccc1N(CCCl)CCCl. The third kappa shape index (κ3) is 5.55. The average molecular weight is 512 g/mol. The molecule has 0 fully saturated rings. The van der Waals surface area contributed by atoms with Gasteiger partial charge in [0.15, 0.2) is 0 Å². The molecule has 0 radical (unpaired) electrons. The highest BCUT2D eigenvalue weighted by Crippen LogP contribution is 2.26. The van der Waals surface area contributed by atoms with E-state index >= 15 is 0 Å². The number of nitro benzene ring substituents is 1. The van der Waals surface area contributed by atoms with Gasteiger partial charge in [-0.15, -0.1) is 23.2 Å². The first-order valence-electron chi connectivity index (χ1n) is 10.9. The van der Waals surface area contributed by atoms with E-state index in [1.54, 1.807) is 30.3 Å². The van der Waals surface area contributed by atoms with E-state index < -0.39 is 4.92 Å². The minimum atomic E-state index is -0.448.